The summed E-state index contributed by atoms with van der Waals surface area (Å²) in [6.07, 6.45) is 0. The molecule has 0 aliphatic heterocycles. The van der Waals surface area contributed by atoms with Gasteiger partial charge in [0.2, 0.25) is 0 Å². The van der Waals surface area contributed by atoms with Crippen molar-refractivity contribution in [2.45, 2.75) is 33.9 Å². The van der Waals surface area contributed by atoms with Crippen LogP contribution in [0.1, 0.15) is 29.2 Å². The van der Waals surface area contributed by atoms with Crippen molar-refractivity contribution in [3.05, 3.63) is 70.8 Å². The Balaban J connectivity index is 2.06. The molecule has 0 bridgehead atoms. The third-order valence-corrected chi connectivity index (χ3v) is 3.38. The van der Waals surface area contributed by atoms with Gasteiger partial charge in [0.1, 0.15) is 0 Å². The Bertz CT molecular complexity index is 496. The third kappa shape index (κ3) is 4.22. The summed E-state index contributed by atoms with van der Waals surface area (Å²) in [5, 5.41) is 0. The van der Waals surface area contributed by atoms with Crippen molar-refractivity contribution >= 4 is 0 Å². The largest absolute Gasteiger partial charge is 0.295 e. The maximum atomic E-state index is 2.48. The number of hydrogen-bond donors (Lipinski definition) is 0. The third-order valence-electron chi connectivity index (χ3n) is 3.38. The number of rotatable bonds is 5. The fourth-order valence-corrected chi connectivity index (χ4v) is 2.54. The van der Waals surface area contributed by atoms with Crippen LogP contribution in [0, 0.1) is 13.8 Å². The summed E-state index contributed by atoms with van der Waals surface area (Å²) in [6.45, 7) is 9.68. The Morgan fingerprint density at radius 3 is 1.95 bits per heavy atom. The molecule has 0 N–H and O–H groups in total. The highest BCUT2D eigenvalue weighted by molar-refractivity contribution is 5.28. The standard InChI is InChI=1S/C18H23N/c1-4-19(13-17-8-6-5-7-9-17)14-18-11-15(2)10-16(3)12-18/h5-12H,4,13-14H2,1-3H3. The van der Waals surface area contributed by atoms with Gasteiger partial charge in [0.25, 0.3) is 0 Å². The number of benzene rings is 2. The molecule has 0 saturated heterocycles. The SMILES string of the molecule is CCN(Cc1ccccc1)Cc1cc(C)cc(C)c1. The predicted molar refractivity (Wildman–Crippen MR) is 82.1 cm³/mol. The van der Waals surface area contributed by atoms with Gasteiger partial charge in [-0.25, -0.2) is 0 Å². The first-order valence-corrected chi connectivity index (χ1v) is 7.01. The molecule has 0 saturated carbocycles. The monoisotopic (exact) mass is 253 g/mol. The average molecular weight is 253 g/mol. The van der Waals surface area contributed by atoms with Gasteiger partial charge >= 0.3 is 0 Å². The molecule has 0 fully saturated rings. The van der Waals surface area contributed by atoms with E-state index in [0.717, 1.165) is 19.6 Å². The van der Waals surface area contributed by atoms with Gasteiger partial charge < -0.3 is 0 Å². The van der Waals surface area contributed by atoms with Gasteiger partial charge in [0.05, 0.1) is 0 Å². The minimum atomic E-state index is 1.02. The van der Waals surface area contributed by atoms with E-state index in [4.69, 9.17) is 0 Å². The summed E-state index contributed by atoms with van der Waals surface area (Å²) in [4.78, 5) is 2.48. The molecule has 2 aromatic rings. The zero-order valence-corrected chi connectivity index (χ0v) is 12.2. The van der Waals surface area contributed by atoms with Crippen molar-refractivity contribution in [1.29, 1.82) is 0 Å². The van der Waals surface area contributed by atoms with Crippen LogP contribution >= 0.6 is 0 Å². The van der Waals surface area contributed by atoms with Gasteiger partial charge in [-0.1, -0.05) is 66.6 Å². The molecule has 100 valence electrons. The average Bonchev–Trinajstić information content (AvgIpc) is 2.38. The van der Waals surface area contributed by atoms with Crippen molar-refractivity contribution in [3.63, 3.8) is 0 Å². The normalized spacial score (nSPS) is 10.9. The lowest BCUT2D eigenvalue weighted by molar-refractivity contribution is 0.271. The lowest BCUT2D eigenvalue weighted by Crippen LogP contribution is -2.22. The maximum absolute atomic E-state index is 2.48. The molecule has 0 spiro atoms. The molecule has 19 heavy (non-hydrogen) atoms. The summed E-state index contributed by atoms with van der Waals surface area (Å²) in [7, 11) is 0. The molecule has 1 nitrogen and oxygen atoms in total. The molecule has 0 atom stereocenters. The molecule has 0 amide bonds. The molecule has 0 heterocycles. The molecular weight excluding hydrogens is 230 g/mol. The first kappa shape index (κ1) is 13.8. The molecule has 2 aromatic carbocycles. The highest BCUT2D eigenvalue weighted by atomic mass is 15.1. The predicted octanol–water partition coefficient (Wildman–Crippen LogP) is 4.33. The van der Waals surface area contributed by atoms with Crippen molar-refractivity contribution < 1.29 is 0 Å². The van der Waals surface area contributed by atoms with Crippen LogP contribution in [0.2, 0.25) is 0 Å². The van der Waals surface area contributed by atoms with Crippen LogP contribution in [0.25, 0.3) is 0 Å². The quantitative estimate of drug-likeness (QED) is 0.767. The molecule has 0 unspecified atom stereocenters. The smallest absolute Gasteiger partial charge is 0.0237 e. The first-order chi connectivity index (χ1) is 9.17. The van der Waals surface area contributed by atoms with Crippen molar-refractivity contribution in [3.8, 4) is 0 Å². The van der Waals surface area contributed by atoms with Crippen LogP contribution in [0.4, 0.5) is 0 Å². The molecule has 0 aliphatic rings. The Labute approximate surface area is 116 Å². The maximum Gasteiger partial charge on any atom is 0.0237 e. The highest BCUT2D eigenvalue weighted by Gasteiger charge is 2.05. The Hall–Kier alpha value is -1.60. The Morgan fingerprint density at radius 1 is 0.789 bits per heavy atom. The lowest BCUT2D eigenvalue weighted by atomic mass is 10.1. The van der Waals surface area contributed by atoms with Crippen LogP contribution < -0.4 is 0 Å². The molecule has 0 radical (unpaired) electrons. The van der Waals surface area contributed by atoms with Crippen molar-refractivity contribution in [2.75, 3.05) is 6.54 Å². The summed E-state index contributed by atoms with van der Waals surface area (Å²) in [5.41, 5.74) is 5.50. The van der Waals surface area contributed by atoms with Gasteiger partial charge in [-0.15, -0.1) is 0 Å². The Morgan fingerprint density at radius 2 is 1.37 bits per heavy atom. The fourth-order valence-electron chi connectivity index (χ4n) is 2.54. The topological polar surface area (TPSA) is 3.24 Å². The van der Waals surface area contributed by atoms with Gasteiger partial charge in [0.15, 0.2) is 0 Å². The molecule has 1 heteroatoms. The summed E-state index contributed by atoms with van der Waals surface area (Å²) in [6, 6.07) is 17.5. The molecular formula is C18H23N. The number of nitrogens with zero attached hydrogens (tertiary/aromatic N) is 1. The first-order valence-electron chi connectivity index (χ1n) is 7.01. The van der Waals surface area contributed by atoms with E-state index in [9.17, 15) is 0 Å². The molecule has 0 aromatic heterocycles. The van der Waals surface area contributed by atoms with Gasteiger partial charge in [-0.2, -0.15) is 0 Å². The van der Waals surface area contributed by atoms with Crippen LogP contribution in [-0.2, 0) is 13.1 Å². The van der Waals surface area contributed by atoms with E-state index in [1.165, 1.54) is 22.3 Å². The van der Waals surface area contributed by atoms with E-state index in [1.807, 2.05) is 0 Å². The molecule has 2 rings (SSSR count). The van der Waals surface area contributed by atoms with Crippen LogP contribution in [0.3, 0.4) is 0 Å². The summed E-state index contributed by atoms with van der Waals surface area (Å²) >= 11 is 0. The number of hydrogen-bond acceptors (Lipinski definition) is 1. The minimum Gasteiger partial charge on any atom is -0.295 e. The minimum absolute atomic E-state index is 1.02. The zero-order chi connectivity index (χ0) is 13.7. The molecule has 0 aliphatic carbocycles. The lowest BCUT2D eigenvalue weighted by Gasteiger charge is -2.21. The second-order valence-corrected chi connectivity index (χ2v) is 5.28. The summed E-state index contributed by atoms with van der Waals surface area (Å²) < 4.78 is 0. The van der Waals surface area contributed by atoms with E-state index in [1.54, 1.807) is 0 Å². The van der Waals surface area contributed by atoms with Gasteiger partial charge in [-0.05, 0) is 31.5 Å². The zero-order valence-electron chi connectivity index (χ0n) is 12.2. The van der Waals surface area contributed by atoms with Crippen molar-refractivity contribution in [1.82, 2.24) is 4.90 Å². The Kier molecular flexibility index (Phi) is 4.75. The second kappa shape index (κ2) is 6.53. The van der Waals surface area contributed by atoms with E-state index >= 15 is 0 Å². The fraction of sp³-hybridized carbons (Fsp3) is 0.333. The number of aryl methyl sites for hydroxylation is 2. The highest BCUT2D eigenvalue weighted by Crippen LogP contribution is 2.13. The van der Waals surface area contributed by atoms with Gasteiger partial charge in [-0.3, -0.25) is 4.90 Å². The summed E-state index contributed by atoms with van der Waals surface area (Å²) in [5.74, 6) is 0. The van der Waals surface area contributed by atoms with Gasteiger partial charge in [0, 0.05) is 13.1 Å². The van der Waals surface area contributed by atoms with E-state index in [0.29, 0.717) is 0 Å². The van der Waals surface area contributed by atoms with E-state index < -0.39 is 0 Å². The second-order valence-electron chi connectivity index (χ2n) is 5.28. The van der Waals surface area contributed by atoms with E-state index in [2.05, 4.69) is 74.2 Å². The van der Waals surface area contributed by atoms with E-state index in [-0.39, 0.29) is 0 Å². The van der Waals surface area contributed by atoms with Crippen LogP contribution in [0.15, 0.2) is 48.5 Å². The van der Waals surface area contributed by atoms with Crippen molar-refractivity contribution in [2.24, 2.45) is 0 Å². The van der Waals surface area contributed by atoms with Crippen LogP contribution in [-0.4, -0.2) is 11.4 Å². The van der Waals surface area contributed by atoms with Crippen LogP contribution in [0.5, 0.6) is 0 Å².